The molecule has 3 heteroatoms. The van der Waals surface area contributed by atoms with Crippen molar-refractivity contribution in [3.8, 4) is 0 Å². The molecule has 0 spiro atoms. The lowest BCUT2D eigenvalue weighted by Crippen LogP contribution is -2.03. The number of ketones is 1. The van der Waals surface area contributed by atoms with Crippen LogP contribution in [0, 0.1) is 6.92 Å². The van der Waals surface area contributed by atoms with Crippen LogP contribution in [0.2, 0.25) is 5.02 Å². The summed E-state index contributed by atoms with van der Waals surface area (Å²) >= 11 is 7.64. The van der Waals surface area contributed by atoms with E-state index in [4.69, 9.17) is 11.6 Å². The summed E-state index contributed by atoms with van der Waals surface area (Å²) in [7, 11) is 0. The summed E-state index contributed by atoms with van der Waals surface area (Å²) in [6, 6.07) is 9.44. The molecule has 0 N–H and O–H groups in total. The molecule has 0 bridgehead atoms. The van der Waals surface area contributed by atoms with Crippen LogP contribution >= 0.6 is 22.9 Å². The average molecular weight is 251 g/mol. The molecule has 1 heterocycles. The summed E-state index contributed by atoms with van der Waals surface area (Å²) in [5, 5.41) is 2.51. The smallest absolute Gasteiger partial charge is 0.169 e. The van der Waals surface area contributed by atoms with E-state index < -0.39 is 0 Å². The van der Waals surface area contributed by atoms with Gasteiger partial charge in [0, 0.05) is 16.9 Å². The number of halogens is 1. The van der Waals surface area contributed by atoms with Crippen molar-refractivity contribution in [1.29, 1.82) is 0 Å². The summed E-state index contributed by atoms with van der Waals surface area (Å²) in [5.41, 5.74) is 1.68. The van der Waals surface area contributed by atoms with Gasteiger partial charge in [-0.15, -0.1) is 11.3 Å². The third-order valence-electron chi connectivity index (χ3n) is 2.34. The normalized spacial score (nSPS) is 10.4. The number of aryl methyl sites for hydroxylation is 1. The predicted molar refractivity (Wildman–Crippen MR) is 68.5 cm³/mol. The zero-order valence-electron chi connectivity index (χ0n) is 8.87. The van der Waals surface area contributed by atoms with Crippen molar-refractivity contribution in [3.05, 3.63) is 56.7 Å². The lowest BCUT2D eigenvalue weighted by atomic mass is 10.1. The van der Waals surface area contributed by atoms with Gasteiger partial charge in [-0.1, -0.05) is 23.7 Å². The molecule has 2 aromatic rings. The molecular weight excluding hydrogens is 240 g/mol. The van der Waals surface area contributed by atoms with Crippen LogP contribution < -0.4 is 0 Å². The number of hydrogen-bond donors (Lipinski definition) is 0. The third-order valence-corrected chi connectivity index (χ3v) is 3.53. The minimum absolute atomic E-state index is 0.0763. The molecule has 0 aliphatic rings. The first kappa shape index (κ1) is 11.4. The van der Waals surface area contributed by atoms with Crippen molar-refractivity contribution in [2.45, 2.75) is 13.3 Å². The Hall–Kier alpha value is -1.12. The summed E-state index contributed by atoms with van der Waals surface area (Å²) in [6.07, 6.45) is 0.431. The Morgan fingerprint density at radius 2 is 2.19 bits per heavy atom. The van der Waals surface area contributed by atoms with Gasteiger partial charge < -0.3 is 0 Å². The molecule has 0 aliphatic carbocycles. The molecule has 2 rings (SSSR count). The van der Waals surface area contributed by atoms with E-state index in [0.29, 0.717) is 17.0 Å². The standard InChI is InChI=1S/C13H11ClOS/c1-9-4-5-11(12(14)7-9)13(15)8-10-3-2-6-16-10/h2-7H,8H2,1H3. The van der Waals surface area contributed by atoms with E-state index in [1.807, 2.05) is 36.6 Å². The van der Waals surface area contributed by atoms with E-state index in [2.05, 4.69) is 0 Å². The van der Waals surface area contributed by atoms with Crippen molar-refractivity contribution in [2.24, 2.45) is 0 Å². The van der Waals surface area contributed by atoms with Gasteiger partial charge >= 0.3 is 0 Å². The Morgan fingerprint density at radius 1 is 1.38 bits per heavy atom. The first-order chi connectivity index (χ1) is 7.66. The van der Waals surface area contributed by atoms with Crippen LogP contribution in [0.1, 0.15) is 20.8 Å². The fourth-order valence-corrected chi connectivity index (χ4v) is 2.56. The second-order valence-electron chi connectivity index (χ2n) is 3.66. The highest BCUT2D eigenvalue weighted by Crippen LogP contribution is 2.20. The Bertz CT molecular complexity index is 503. The second kappa shape index (κ2) is 4.81. The monoisotopic (exact) mass is 250 g/mol. The molecule has 82 valence electrons. The quantitative estimate of drug-likeness (QED) is 0.749. The summed E-state index contributed by atoms with van der Waals surface area (Å²) in [4.78, 5) is 13.0. The molecule has 0 amide bonds. The predicted octanol–water partition coefficient (Wildman–Crippen LogP) is 4.14. The summed E-state index contributed by atoms with van der Waals surface area (Å²) in [5.74, 6) is 0.0763. The second-order valence-corrected chi connectivity index (χ2v) is 5.10. The number of thiophene rings is 1. The highest BCUT2D eigenvalue weighted by atomic mass is 35.5. The molecule has 1 aromatic heterocycles. The first-order valence-corrected chi connectivity index (χ1v) is 6.24. The molecule has 0 saturated carbocycles. The average Bonchev–Trinajstić information content (AvgIpc) is 2.70. The number of hydrogen-bond acceptors (Lipinski definition) is 2. The van der Waals surface area contributed by atoms with E-state index in [1.54, 1.807) is 17.4 Å². The van der Waals surface area contributed by atoms with Crippen LogP contribution in [0.15, 0.2) is 35.7 Å². The maximum Gasteiger partial charge on any atom is 0.169 e. The van der Waals surface area contributed by atoms with Crippen molar-refractivity contribution in [2.75, 3.05) is 0 Å². The topological polar surface area (TPSA) is 17.1 Å². The maximum absolute atomic E-state index is 12.0. The molecule has 0 unspecified atom stereocenters. The van der Waals surface area contributed by atoms with Crippen LogP contribution in [-0.2, 0) is 6.42 Å². The van der Waals surface area contributed by atoms with Crippen molar-refractivity contribution in [3.63, 3.8) is 0 Å². The van der Waals surface area contributed by atoms with Crippen LogP contribution in [0.25, 0.3) is 0 Å². The molecule has 0 radical (unpaired) electrons. The Labute approximate surface area is 104 Å². The molecule has 0 aliphatic heterocycles. The van der Waals surface area contributed by atoms with E-state index in [0.717, 1.165) is 10.4 Å². The van der Waals surface area contributed by atoms with Crippen molar-refractivity contribution < 1.29 is 4.79 Å². The van der Waals surface area contributed by atoms with Gasteiger partial charge in [0.05, 0.1) is 5.02 Å². The zero-order valence-corrected chi connectivity index (χ0v) is 10.4. The van der Waals surface area contributed by atoms with Gasteiger partial charge in [-0.3, -0.25) is 4.79 Å². The van der Waals surface area contributed by atoms with E-state index in [9.17, 15) is 4.79 Å². The SMILES string of the molecule is Cc1ccc(C(=O)Cc2cccs2)c(Cl)c1. The fraction of sp³-hybridized carbons (Fsp3) is 0.154. The number of carbonyl (C=O) groups excluding carboxylic acids is 1. The number of Topliss-reactive ketones (excluding diaryl/α,β-unsaturated/α-hetero) is 1. The minimum atomic E-state index is 0.0763. The van der Waals surface area contributed by atoms with Gasteiger partial charge in [0.25, 0.3) is 0 Å². The molecule has 1 nitrogen and oxygen atoms in total. The van der Waals surface area contributed by atoms with Crippen LogP contribution in [0.5, 0.6) is 0 Å². The van der Waals surface area contributed by atoms with Gasteiger partial charge in [0.2, 0.25) is 0 Å². The maximum atomic E-state index is 12.0. The Morgan fingerprint density at radius 3 is 2.81 bits per heavy atom. The number of benzene rings is 1. The van der Waals surface area contributed by atoms with Crippen molar-refractivity contribution >= 4 is 28.7 Å². The molecule has 0 atom stereocenters. The molecule has 0 saturated heterocycles. The van der Waals surface area contributed by atoms with Gasteiger partial charge in [-0.2, -0.15) is 0 Å². The van der Waals surface area contributed by atoms with E-state index >= 15 is 0 Å². The lowest BCUT2D eigenvalue weighted by Gasteiger charge is -2.03. The lowest BCUT2D eigenvalue weighted by molar-refractivity contribution is 0.0994. The molecule has 1 aromatic carbocycles. The van der Waals surface area contributed by atoms with Crippen molar-refractivity contribution in [1.82, 2.24) is 0 Å². The fourth-order valence-electron chi connectivity index (χ4n) is 1.51. The Kier molecular flexibility index (Phi) is 3.42. The Balaban J connectivity index is 2.21. The third kappa shape index (κ3) is 2.52. The largest absolute Gasteiger partial charge is 0.294 e. The van der Waals surface area contributed by atoms with E-state index in [1.165, 1.54) is 0 Å². The van der Waals surface area contributed by atoms with Gasteiger partial charge in [-0.05, 0) is 36.1 Å². The molecule has 0 fully saturated rings. The zero-order chi connectivity index (χ0) is 11.5. The molecular formula is C13H11ClOS. The van der Waals surface area contributed by atoms with Crippen LogP contribution in [-0.4, -0.2) is 5.78 Å². The summed E-state index contributed by atoms with van der Waals surface area (Å²) < 4.78 is 0. The number of rotatable bonds is 3. The number of carbonyl (C=O) groups is 1. The molecule has 16 heavy (non-hydrogen) atoms. The highest BCUT2D eigenvalue weighted by Gasteiger charge is 2.11. The first-order valence-electron chi connectivity index (χ1n) is 4.98. The summed E-state index contributed by atoms with van der Waals surface area (Å²) in [6.45, 7) is 1.96. The van der Waals surface area contributed by atoms with Gasteiger partial charge in [0.1, 0.15) is 0 Å². The van der Waals surface area contributed by atoms with Gasteiger partial charge in [-0.25, -0.2) is 0 Å². The minimum Gasteiger partial charge on any atom is -0.294 e. The van der Waals surface area contributed by atoms with Crippen LogP contribution in [0.3, 0.4) is 0 Å². The van der Waals surface area contributed by atoms with Gasteiger partial charge in [0.15, 0.2) is 5.78 Å². The van der Waals surface area contributed by atoms with E-state index in [-0.39, 0.29) is 5.78 Å². The highest BCUT2D eigenvalue weighted by molar-refractivity contribution is 7.10. The van der Waals surface area contributed by atoms with Crippen LogP contribution in [0.4, 0.5) is 0 Å².